The van der Waals surface area contributed by atoms with Crippen LogP contribution in [-0.2, 0) is 9.59 Å². The summed E-state index contributed by atoms with van der Waals surface area (Å²) in [5.41, 5.74) is 5.70. The lowest BCUT2D eigenvalue weighted by Crippen LogP contribution is -1.93. The van der Waals surface area contributed by atoms with E-state index in [0.29, 0.717) is 0 Å². The highest BCUT2D eigenvalue weighted by Gasteiger charge is 2.07. The highest BCUT2D eigenvalue weighted by atomic mass is 16.1. The van der Waals surface area contributed by atoms with E-state index >= 15 is 0 Å². The maximum Gasteiger partial charge on any atom is 0.116 e. The van der Waals surface area contributed by atoms with Crippen LogP contribution in [0.25, 0.3) is 10.8 Å². The molecule has 0 heterocycles. The molecular weight excluding hydrogens is 248 g/mol. The second-order valence-electron chi connectivity index (χ2n) is 4.52. The Morgan fingerprint density at radius 3 is 1.15 bits per heavy atom. The molecule has 0 fully saturated rings. The third-order valence-corrected chi connectivity index (χ3v) is 3.42. The van der Waals surface area contributed by atoms with Crippen LogP contribution in [0, 0.1) is 27.7 Å². The van der Waals surface area contributed by atoms with Gasteiger partial charge in [0.15, 0.2) is 0 Å². The van der Waals surface area contributed by atoms with E-state index in [2.05, 4.69) is 52.0 Å². The lowest BCUT2D eigenvalue weighted by Gasteiger charge is -2.13. The molecule has 2 aromatic rings. The van der Waals surface area contributed by atoms with E-state index in [1.54, 1.807) is 0 Å². The van der Waals surface area contributed by atoms with Crippen LogP contribution >= 0.6 is 0 Å². The first kappa shape index (κ1) is 18.0. The van der Waals surface area contributed by atoms with Gasteiger partial charge in [-0.05, 0) is 74.6 Å². The fourth-order valence-electron chi connectivity index (χ4n) is 2.10. The second-order valence-corrected chi connectivity index (χ2v) is 4.52. The van der Waals surface area contributed by atoms with Gasteiger partial charge in [-0.15, -0.1) is 0 Å². The van der Waals surface area contributed by atoms with Gasteiger partial charge in [0, 0.05) is 0 Å². The lowest BCUT2D eigenvalue weighted by atomic mass is 9.92. The van der Waals surface area contributed by atoms with E-state index in [1.807, 2.05) is 0 Å². The average molecular weight is 272 g/mol. The minimum atomic E-state index is 0.750. The SMILES string of the molecule is CC=O.CC=O.Cc1c(C)c(C)c2ccccc2c1C. The first-order valence-corrected chi connectivity index (χ1v) is 6.70. The van der Waals surface area contributed by atoms with Gasteiger partial charge in [0.25, 0.3) is 0 Å². The summed E-state index contributed by atoms with van der Waals surface area (Å²) >= 11 is 0. The summed E-state index contributed by atoms with van der Waals surface area (Å²) in [7, 11) is 0. The lowest BCUT2D eigenvalue weighted by molar-refractivity contribution is -0.106. The van der Waals surface area contributed by atoms with Crippen molar-refractivity contribution in [2.24, 2.45) is 0 Å². The van der Waals surface area contributed by atoms with E-state index in [1.165, 1.54) is 46.9 Å². The summed E-state index contributed by atoms with van der Waals surface area (Å²) in [5, 5.41) is 2.79. The number of benzene rings is 2. The zero-order valence-corrected chi connectivity index (χ0v) is 13.3. The van der Waals surface area contributed by atoms with Crippen LogP contribution in [0.3, 0.4) is 0 Å². The third-order valence-electron chi connectivity index (χ3n) is 3.42. The standard InChI is InChI=1S/C14H16.2C2H4O/c1-9-10(2)12(4)14-8-6-5-7-13(14)11(9)3;2*1-2-3/h5-8H,1-4H3;2*2H,1H3. The third kappa shape index (κ3) is 4.30. The molecule has 2 heteroatoms. The van der Waals surface area contributed by atoms with Gasteiger partial charge in [0.2, 0.25) is 0 Å². The van der Waals surface area contributed by atoms with Gasteiger partial charge in [0.05, 0.1) is 0 Å². The molecule has 0 amide bonds. The molecule has 20 heavy (non-hydrogen) atoms. The van der Waals surface area contributed by atoms with Crippen molar-refractivity contribution in [1.82, 2.24) is 0 Å². The second kappa shape index (κ2) is 9.03. The van der Waals surface area contributed by atoms with Crippen LogP contribution in [-0.4, -0.2) is 12.6 Å². The van der Waals surface area contributed by atoms with E-state index < -0.39 is 0 Å². The number of carbonyl (C=O) groups excluding carboxylic acids is 2. The number of hydrogen-bond donors (Lipinski definition) is 0. The van der Waals surface area contributed by atoms with Crippen molar-refractivity contribution >= 4 is 23.3 Å². The summed E-state index contributed by atoms with van der Waals surface area (Å²) in [6.45, 7) is 11.7. The molecule has 0 aliphatic rings. The Labute approximate surface area is 121 Å². The number of aldehydes is 2. The molecule has 0 aromatic heterocycles. The predicted octanol–water partition coefficient (Wildman–Crippen LogP) is 4.48. The van der Waals surface area contributed by atoms with Gasteiger partial charge in [-0.3, -0.25) is 0 Å². The van der Waals surface area contributed by atoms with E-state index in [4.69, 9.17) is 9.59 Å². The molecule has 0 N–H and O–H groups in total. The molecule has 2 rings (SSSR count). The first-order valence-electron chi connectivity index (χ1n) is 6.70. The normalized spacial score (nSPS) is 8.90. The summed E-state index contributed by atoms with van der Waals surface area (Å²) in [5.74, 6) is 0. The van der Waals surface area contributed by atoms with Gasteiger partial charge in [-0.25, -0.2) is 0 Å². The molecule has 0 saturated heterocycles. The quantitative estimate of drug-likeness (QED) is 0.662. The Hall–Kier alpha value is -1.96. The molecule has 0 aliphatic heterocycles. The van der Waals surface area contributed by atoms with E-state index in [-0.39, 0.29) is 0 Å². The molecule has 0 unspecified atom stereocenters. The number of hydrogen-bond acceptors (Lipinski definition) is 2. The smallest absolute Gasteiger partial charge is 0.116 e. The van der Waals surface area contributed by atoms with Gasteiger partial charge < -0.3 is 9.59 Å². The Kier molecular flexibility index (Phi) is 8.14. The monoisotopic (exact) mass is 272 g/mol. The van der Waals surface area contributed by atoms with Crippen LogP contribution in [0.4, 0.5) is 0 Å². The highest BCUT2D eigenvalue weighted by molar-refractivity contribution is 5.90. The van der Waals surface area contributed by atoms with Gasteiger partial charge >= 0.3 is 0 Å². The molecule has 0 bridgehead atoms. The van der Waals surface area contributed by atoms with Crippen molar-refractivity contribution in [2.45, 2.75) is 41.5 Å². The van der Waals surface area contributed by atoms with Crippen molar-refractivity contribution in [3.05, 3.63) is 46.5 Å². The van der Waals surface area contributed by atoms with Crippen molar-refractivity contribution in [2.75, 3.05) is 0 Å². The molecule has 0 atom stereocenters. The first-order chi connectivity index (χ1) is 9.45. The largest absolute Gasteiger partial charge is 0.304 e. The van der Waals surface area contributed by atoms with E-state index in [0.717, 1.165) is 12.6 Å². The van der Waals surface area contributed by atoms with Crippen LogP contribution in [0.1, 0.15) is 36.1 Å². The maximum atomic E-state index is 8.81. The average Bonchev–Trinajstić information content (AvgIpc) is 2.44. The Morgan fingerprint density at radius 2 is 0.900 bits per heavy atom. The predicted molar refractivity (Wildman–Crippen MR) is 86.4 cm³/mol. The fourth-order valence-corrected chi connectivity index (χ4v) is 2.10. The fraction of sp³-hybridized carbons (Fsp3) is 0.333. The minimum Gasteiger partial charge on any atom is -0.304 e. The van der Waals surface area contributed by atoms with Gasteiger partial charge in [-0.1, -0.05) is 24.3 Å². The topological polar surface area (TPSA) is 34.1 Å². The van der Waals surface area contributed by atoms with Crippen molar-refractivity contribution in [1.29, 1.82) is 0 Å². The van der Waals surface area contributed by atoms with Crippen LogP contribution in [0.5, 0.6) is 0 Å². The summed E-state index contributed by atoms with van der Waals surface area (Å²) in [6, 6.07) is 8.65. The van der Waals surface area contributed by atoms with Crippen LogP contribution < -0.4 is 0 Å². The number of fused-ring (bicyclic) bond motifs is 1. The van der Waals surface area contributed by atoms with Crippen molar-refractivity contribution < 1.29 is 9.59 Å². The summed E-state index contributed by atoms with van der Waals surface area (Å²) < 4.78 is 0. The molecule has 0 aliphatic carbocycles. The van der Waals surface area contributed by atoms with Crippen LogP contribution in [0.2, 0.25) is 0 Å². The molecule has 2 nitrogen and oxygen atoms in total. The highest BCUT2D eigenvalue weighted by Crippen LogP contribution is 2.28. The summed E-state index contributed by atoms with van der Waals surface area (Å²) in [6.07, 6.45) is 1.50. The minimum absolute atomic E-state index is 0.750. The van der Waals surface area contributed by atoms with Gasteiger partial charge in [-0.2, -0.15) is 0 Å². The van der Waals surface area contributed by atoms with E-state index in [9.17, 15) is 0 Å². The molecule has 2 aromatic carbocycles. The molecule has 0 saturated carbocycles. The molecule has 108 valence electrons. The Balaban J connectivity index is 0.000000520. The van der Waals surface area contributed by atoms with Crippen LogP contribution in [0.15, 0.2) is 24.3 Å². The van der Waals surface area contributed by atoms with Crippen molar-refractivity contribution in [3.8, 4) is 0 Å². The summed E-state index contributed by atoms with van der Waals surface area (Å²) in [4.78, 5) is 17.6. The zero-order valence-electron chi connectivity index (χ0n) is 13.3. The number of rotatable bonds is 0. The van der Waals surface area contributed by atoms with Crippen molar-refractivity contribution in [3.63, 3.8) is 0 Å². The molecular formula is C18H24O2. The molecule has 0 spiro atoms. The zero-order chi connectivity index (χ0) is 15.7. The Bertz CT molecular complexity index is 531. The molecule has 0 radical (unpaired) electrons. The number of carbonyl (C=O) groups is 2. The Morgan fingerprint density at radius 1 is 0.650 bits per heavy atom. The van der Waals surface area contributed by atoms with Gasteiger partial charge in [0.1, 0.15) is 12.6 Å². The maximum absolute atomic E-state index is 8.81. The number of aryl methyl sites for hydroxylation is 2.